The van der Waals surface area contributed by atoms with Gasteiger partial charge in [-0.2, -0.15) is 17.0 Å². The minimum atomic E-state index is -3.88. The maximum absolute atomic E-state index is 13.9. The standard InChI is InChI=1S/C19H21ClFN3O3S/c1-14-7-8-18(16(20)11-14)22-19(25)13-24-10-4-9-23(28(24,26)27)12-15-5-2-3-6-17(15)21/h2-3,5-8,11H,4,9-10,12-13H2,1H3,(H,22,25). The normalized spacial score (nSPS) is 17.4. The first kappa shape index (κ1) is 20.7. The Morgan fingerprint density at radius 1 is 1.18 bits per heavy atom. The summed E-state index contributed by atoms with van der Waals surface area (Å²) in [5.41, 5.74) is 1.67. The molecule has 0 unspecified atom stereocenters. The van der Waals surface area contributed by atoms with Crippen LogP contribution in [0.5, 0.6) is 0 Å². The van der Waals surface area contributed by atoms with Gasteiger partial charge in [0.2, 0.25) is 5.91 Å². The summed E-state index contributed by atoms with van der Waals surface area (Å²) in [5.74, 6) is -0.941. The quantitative estimate of drug-likeness (QED) is 0.799. The van der Waals surface area contributed by atoms with Crippen molar-refractivity contribution in [2.24, 2.45) is 0 Å². The van der Waals surface area contributed by atoms with Gasteiger partial charge in [0.15, 0.2) is 0 Å². The Balaban J connectivity index is 1.69. The molecule has 6 nitrogen and oxygen atoms in total. The maximum Gasteiger partial charge on any atom is 0.282 e. The van der Waals surface area contributed by atoms with Crippen LogP contribution in [0.3, 0.4) is 0 Å². The predicted molar refractivity (Wildman–Crippen MR) is 107 cm³/mol. The molecule has 0 bridgehead atoms. The van der Waals surface area contributed by atoms with E-state index in [-0.39, 0.29) is 26.2 Å². The molecule has 1 fully saturated rings. The van der Waals surface area contributed by atoms with Crippen molar-refractivity contribution in [2.45, 2.75) is 19.9 Å². The number of carbonyl (C=O) groups excluding carboxylic acids is 1. The van der Waals surface area contributed by atoms with Gasteiger partial charge in [0, 0.05) is 25.2 Å². The number of nitrogens with zero attached hydrogens (tertiary/aromatic N) is 2. The fourth-order valence-corrected chi connectivity index (χ4v) is 4.94. The van der Waals surface area contributed by atoms with Crippen LogP contribution in [0.25, 0.3) is 0 Å². The molecule has 1 amide bonds. The largest absolute Gasteiger partial charge is 0.324 e. The van der Waals surface area contributed by atoms with Crippen molar-refractivity contribution in [2.75, 3.05) is 25.0 Å². The van der Waals surface area contributed by atoms with Crippen LogP contribution in [0.4, 0.5) is 10.1 Å². The summed E-state index contributed by atoms with van der Waals surface area (Å²) in [6.45, 7) is 1.98. The van der Waals surface area contributed by atoms with E-state index in [0.29, 0.717) is 22.7 Å². The summed E-state index contributed by atoms with van der Waals surface area (Å²) in [6.07, 6.45) is 0.548. The fourth-order valence-electron chi connectivity index (χ4n) is 3.03. The first-order chi connectivity index (χ1) is 13.3. The second-order valence-electron chi connectivity index (χ2n) is 6.65. The van der Waals surface area contributed by atoms with Crippen molar-refractivity contribution in [1.29, 1.82) is 0 Å². The molecule has 28 heavy (non-hydrogen) atoms. The lowest BCUT2D eigenvalue weighted by Gasteiger charge is -2.34. The monoisotopic (exact) mass is 425 g/mol. The van der Waals surface area contributed by atoms with Crippen LogP contribution in [0.1, 0.15) is 17.5 Å². The van der Waals surface area contributed by atoms with Crippen LogP contribution in [0.2, 0.25) is 5.02 Å². The predicted octanol–water partition coefficient (Wildman–Crippen LogP) is 3.18. The first-order valence-electron chi connectivity index (χ1n) is 8.82. The summed E-state index contributed by atoms with van der Waals surface area (Å²) in [5, 5.41) is 3.03. The Kier molecular flexibility index (Phi) is 6.34. The third-order valence-electron chi connectivity index (χ3n) is 4.49. The molecular formula is C19H21ClFN3O3S. The molecule has 2 aromatic rings. The number of aryl methyl sites for hydroxylation is 1. The van der Waals surface area contributed by atoms with Gasteiger partial charge in [0.1, 0.15) is 5.82 Å². The molecule has 0 spiro atoms. The molecular weight excluding hydrogens is 405 g/mol. The third-order valence-corrected chi connectivity index (χ3v) is 6.73. The van der Waals surface area contributed by atoms with E-state index in [1.807, 2.05) is 6.92 Å². The van der Waals surface area contributed by atoms with E-state index in [4.69, 9.17) is 11.6 Å². The fraction of sp³-hybridized carbons (Fsp3) is 0.316. The summed E-state index contributed by atoms with van der Waals surface area (Å²) in [6, 6.07) is 11.2. The molecule has 0 radical (unpaired) electrons. The van der Waals surface area contributed by atoms with Gasteiger partial charge >= 0.3 is 0 Å². The lowest BCUT2D eigenvalue weighted by molar-refractivity contribution is -0.116. The number of benzene rings is 2. The van der Waals surface area contributed by atoms with Gasteiger partial charge in [-0.15, -0.1) is 0 Å². The minimum absolute atomic E-state index is 0.0725. The molecule has 1 saturated heterocycles. The minimum Gasteiger partial charge on any atom is -0.324 e. The number of carbonyl (C=O) groups is 1. The van der Waals surface area contributed by atoms with Gasteiger partial charge < -0.3 is 5.32 Å². The molecule has 0 aromatic heterocycles. The number of halogens is 2. The molecule has 1 heterocycles. The SMILES string of the molecule is Cc1ccc(NC(=O)CN2CCCN(Cc3ccccc3F)S2(=O)=O)c(Cl)c1. The average Bonchev–Trinajstić information content (AvgIpc) is 2.63. The Morgan fingerprint density at radius 3 is 2.61 bits per heavy atom. The molecule has 2 aromatic carbocycles. The lowest BCUT2D eigenvalue weighted by Crippen LogP contribution is -2.51. The van der Waals surface area contributed by atoms with E-state index in [9.17, 15) is 17.6 Å². The van der Waals surface area contributed by atoms with Crippen LogP contribution in [-0.2, 0) is 21.5 Å². The maximum atomic E-state index is 13.9. The highest BCUT2D eigenvalue weighted by Gasteiger charge is 2.35. The van der Waals surface area contributed by atoms with E-state index in [1.165, 1.54) is 10.4 Å². The summed E-state index contributed by atoms with van der Waals surface area (Å²) in [4.78, 5) is 12.4. The zero-order valence-electron chi connectivity index (χ0n) is 15.4. The van der Waals surface area contributed by atoms with Gasteiger partial charge in [-0.1, -0.05) is 35.9 Å². The van der Waals surface area contributed by atoms with Crippen molar-refractivity contribution in [3.63, 3.8) is 0 Å². The zero-order valence-corrected chi connectivity index (χ0v) is 16.9. The number of amides is 1. The van der Waals surface area contributed by atoms with Crippen molar-refractivity contribution in [3.05, 3.63) is 64.4 Å². The summed E-state index contributed by atoms with van der Waals surface area (Å²) >= 11 is 6.11. The van der Waals surface area contributed by atoms with Crippen LogP contribution in [0, 0.1) is 12.7 Å². The highest BCUT2D eigenvalue weighted by atomic mass is 35.5. The lowest BCUT2D eigenvalue weighted by atomic mass is 10.2. The molecule has 3 rings (SSSR count). The van der Waals surface area contributed by atoms with Gasteiger partial charge in [0.25, 0.3) is 10.2 Å². The highest BCUT2D eigenvalue weighted by molar-refractivity contribution is 7.86. The Morgan fingerprint density at radius 2 is 1.89 bits per heavy atom. The number of nitrogens with one attached hydrogen (secondary N) is 1. The van der Waals surface area contributed by atoms with E-state index in [1.54, 1.807) is 36.4 Å². The smallest absolute Gasteiger partial charge is 0.282 e. The molecule has 1 aliphatic rings. The highest BCUT2D eigenvalue weighted by Crippen LogP contribution is 2.24. The first-order valence-corrected chi connectivity index (χ1v) is 10.6. The number of hydrogen-bond acceptors (Lipinski definition) is 3. The number of hydrogen-bond donors (Lipinski definition) is 1. The topological polar surface area (TPSA) is 69.7 Å². The zero-order chi connectivity index (χ0) is 20.3. The van der Waals surface area contributed by atoms with Gasteiger partial charge in [-0.3, -0.25) is 4.79 Å². The number of rotatable bonds is 5. The number of anilines is 1. The molecule has 0 atom stereocenters. The van der Waals surface area contributed by atoms with Gasteiger partial charge in [-0.25, -0.2) is 4.39 Å². The van der Waals surface area contributed by atoms with Crippen LogP contribution < -0.4 is 5.32 Å². The Bertz CT molecular complexity index is 984. The molecule has 9 heteroatoms. The van der Waals surface area contributed by atoms with E-state index in [0.717, 1.165) is 9.87 Å². The summed E-state index contributed by atoms with van der Waals surface area (Å²) in [7, 11) is -3.88. The molecule has 150 valence electrons. The third kappa shape index (κ3) is 4.70. The van der Waals surface area contributed by atoms with E-state index < -0.39 is 21.9 Å². The van der Waals surface area contributed by atoms with Crippen molar-refractivity contribution in [1.82, 2.24) is 8.61 Å². The van der Waals surface area contributed by atoms with Crippen LogP contribution >= 0.6 is 11.6 Å². The van der Waals surface area contributed by atoms with Crippen molar-refractivity contribution >= 4 is 33.4 Å². The molecule has 1 N–H and O–H groups in total. The molecule has 0 saturated carbocycles. The van der Waals surface area contributed by atoms with E-state index in [2.05, 4.69) is 5.32 Å². The second kappa shape index (κ2) is 8.57. The Hall–Kier alpha value is -2.00. The molecule has 1 aliphatic heterocycles. The van der Waals surface area contributed by atoms with E-state index >= 15 is 0 Å². The average molecular weight is 426 g/mol. The van der Waals surface area contributed by atoms with Gasteiger partial charge in [0.05, 0.1) is 17.3 Å². The molecule has 0 aliphatic carbocycles. The Labute approximate surface area is 169 Å². The van der Waals surface area contributed by atoms with Gasteiger partial charge in [-0.05, 0) is 37.1 Å². The van der Waals surface area contributed by atoms with Crippen LogP contribution in [-0.4, -0.2) is 42.6 Å². The van der Waals surface area contributed by atoms with Crippen molar-refractivity contribution in [3.8, 4) is 0 Å². The second-order valence-corrected chi connectivity index (χ2v) is 8.99. The van der Waals surface area contributed by atoms with Crippen molar-refractivity contribution < 1.29 is 17.6 Å². The summed E-state index contributed by atoms with van der Waals surface area (Å²) < 4.78 is 41.9. The van der Waals surface area contributed by atoms with Crippen LogP contribution in [0.15, 0.2) is 42.5 Å².